The molecule has 0 bridgehead atoms. The van der Waals surface area contributed by atoms with Crippen LogP contribution in [-0.4, -0.2) is 114 Å². The monoisotopic (exact) mass is 769 g/mol. The molecule has 13 nitrogen and oxygen atoms in total. The number of piperazine rings is 1. The molecule has 4 aliphatic rings. The van der Waals surface area contributed by atoms with Gasteiger partial charge in [0.1, 0.15) is 5.75 Å². The van der Waals surface area contributed by atoms with Crippen molar-refractivity contribution in [2.75, 3.05) is 53.6 Å². The Kier molecular flexibility index (Phi) is 10.1. The normalized spacial score (nSPS) is 21.5. The van der Waals surface area contributed by atoms with Crippen molar-refractivity contribution < 1.29 is 27.5 Å². The predicted octanol–water partition coefficient (Wildman–Crippen LogP) is 5.12. The summed E-state index contributed by atoms with van der Waals surface area (Å²) in [5.74, 6) is 0.292. The summed E-state index contributed by atoms with van der Waals surface area (Å²) >= 11 is 0. The summed E-state index contributed by atoms with van der Waals surface area (Å²) in [6.07, 6.45) is 9.42. The molecule has 0 spiro atoms. The molecule has 8 rings (SSSR count). The van der Waals surface area contributed by atoms with Gasteiger partial charge in [-0.25, -0.2) is 4.72 Å². The summed E-state index contributed by atoms with van der Waals surface area (Å²) in [7, 11) is 1.58. The number of allylic oxidation sites excluding steroid dienone is 1. The van der Waals surface area contributed by atoms with Crippen LogP contribution < -0.4 is 9.46 Å². The number of ether oxygens (including phenoxy) is 2. The zero-order valence-corrected chi connectivity index (χ0v) is 33.2. The third kappa shape index (κ3) is 6.87. The Morgan fingerprint density at radius 1 is 0.945 bits per heavy atom. The van der Waals surface area contributed by atoms with Crippen LogP contribution >= 0.6 is 0 Å². The summed E-state index contributed by atoms with van der Waals surface area (Å²) in [5, 5.41) is 5.69. The number of rotatable bonds is 7. The van der Waals surface area contributed by atoms with Crippen molar-refractivity contribution >= 4 is 44.6 Å². The molecule has 1 aliphatic carbocycles. The maximum absolute atomic E-state index is 14.4. The quantitative estimate of drug-likeness (QED) is 0.274. The standard InChI is InChI=1S/C41H51N7O6S/c1-26-23-46(24-27(2)44(26)3)41(50)35-22-42-45(4)38(35)31-19-30-20-32(53-5)12-14-33(30)39-37(28-9-7-6-8-10-28)34-13-11-29(21-36(34)48(39)25-31)40(49)43-55(51,52)47-15-17-54-18-16-47/h11-14,19-22,26-28H,6-10,15-18,23-25H2,1-5H3,(H,43,49)/t26-,27+. The lowest BCUT2D eigenvalue weighted by atomic mass is 9.81. The average molecular weight is 770 g/mol. The number of amides is 2. The molecule has 0 unspecified atom stereocenters. The first-order valence-corrected chi connectivity index (χ1v) is 20.9. The number of fused-ring (bicyclic) bond motifs is 5. The van der Waals surface area contributed by atoms with Crippen molar-refractivity contribution in [1.82, 2.24) is 33.2 Å². The molecule has 2 aromatic carbocycles. The Balaban J connectivity index is 1.28. The number of carbonyl (C=O) groups excluding carboxylic acids is 2. The Morgan fingerprint density at radius 2 is 1.67 bits per heavy atom. The zero-order valence-electron chi connectivity index (χ0n) is 32.4. The Labute approximate surface area is 323 Å². The minimum atomic E-state index is -4.06. The predicted molar refractivity (Wildman–Crippen MR) is 212 cm³/mol. The molecule has 1 saturated carbocycles. The van der Waals surface area contributed by atoms with Gasteiger partial charge in [0.25, 0.3) is 11.8 Å². The molecule has 0 radical (unpaired) electrons. The van der Waals surface area contributed by atoms with Gasteiger partial charge in [0, 0.05) is 67.3 Å². The fourth-order valence-corrected chi connectivity index (χ4v) is 10.2. The van der Waals surface area contributed by atoms with Gasteiger partial charge < -0.3 is 18.9 Å². The Hall–Kier alpha value is -4.50. The molecule has 5 heterocycles. The van der Waals surface area contributed by atoms with Gasteiger partial charge in [0.15, 0.2) is 0 Å². The molecular weight excluding hydrogens is 719 g/mol. The SMILES string of the molecule is COc1ccc2c(c1)C=C(c1c(C(=O)N3C[C@@H](C)N(C)[C@@H](C)C3)cnn1C)Cn1c-2c(C2CCCCC2)c2ccc(C(=O)NS(=O)(=O)N3CCOCC3)cc21. The van der Waals surface area contributed by atoms with E-state index < -0.39 is 16.1 Å². The number of carbonyl (C=O) groups is 2. The molecule has 2 amide bonds. The van der Waals surface area contributed by atoms with E-state index in [-0.39, 0.29) is 49.9 Å². The first-order chi connectivity index (χ1) is 26.4. The molecule has 1 N–H and O–H groups in total. The maximum atomic E-state index is 14.4. The van der Waals surface area contributed by atoms with Gasteiger partial charge in [0.2, 0.25) is 0 Å². The lowest BCUT2D eigenvalue weighted by molar-refractivity contribution is 0.0414. The smallest absolute Gasteiger partial charge is 0.304 e. The van der Waals surface area contributed by atoms with Gasteiger partial charge in [-0.3, -0.25) is 19.2 Å². The number of morpholine rings is 1. The molecule has 2 atom stereocenters. The van der Waals surface area contributed by atoms with Gasteiger partial charge in [0.05, 0.1) is 50.0 Å². The summed E-state index contributed by atoms with van der Waals surface area (Å²) < 4.78 is 45.2. The number of likely N-dealkylation sites (N-methyl/N-ethyl adjacent to an activating group) is 1. The number of benzene rings is 2. The molecular formula is C41H51N7O6S. The summed E-state index contributed by atoms with van der Waals surface area (Å²) in [4.78, 5) is 32.4. The van der Waals surface area contributed by atoms with E-state index in [1.807, 2.05) is 36.2 Å². The number of aromatic nitrogens is 3. The highest BCUT2D eigenvalue weighted by atomic mass is 32.2. The fraction of sp³-hybridized carbons (Fsp3) is 0.488. The molecule has 55 heavy (non-hydrogen) atoms. The van der Waals surface area contributed by atoms with Crippen molar-refractivity contribution in [2.45, 2.75) is 70.5 Å². The Bertz CT molecular complexity index is 2270. The summed E-state index contributed by atoms with van der Waals surface area (Å²) in [6, 6.07) is 12.1. The number of hydrogen-bond donors (Lipinski definition) is 1. The van der Waals surface area contributed by atoms with Crippen molar-refractivity contribution in [3.05, 3.63) is 70.5 Å². The van der Waals surface area contributed by atoms with E-state index in [1.54, 1.807) is 24.1 Å². The van der Waals surface area contributed by atoms with E-state index in [9.17, 15) is 18.0 Å². The number of nitrogens with zero attached hydrogens (tertiary/aromatic N) is 6. The number of hydrogen-bond acceptors (Lipinski definition) is 8. The topological polar surface area (TPSA) is 131 Å². The van der Waals surface area contributed by atoms with E-state index >= 15 is 0 Å². The second-order valence-corrected chi connectivity index (χ2v) is 17.3. The van der Waals surface area contributed by atoms with Crippen LogP contribution in [0.2, 0.25) is 0 Å². The van der Waals surface area contributed by atoms with Gasteiger partial charge in [-0.05, 0) is 92.8 Å². The largest absolute Gasteiger partial charge is 0.497 e. The third-order valence-corrected chi connectivity index (χ3v) is 13.7. The maximum Gasteiger partial charge on any atom is 0.304 e. The van der Waals surface area contributed by atoms with Crippen molar-refractivity contribution in [3.63, 3.8) is 0 Å². The van der Waals surface area contributed by atoms with E-state index in [1.165, 1.54) is 16.3 Å². The minimum Gasteiger partial charge on any atom is -0.497 e. The van der Waals surface area contributed by atoms with Crippen molar-refractivity contribution in [3.8, 4) is 17.0 Å². The third-order valence-electron chi connectivity index (χ3n) is 12.2. The second-order valence-electron chi connectivity index (χ2n) is 15.6. The fourth-order valence-electron chi connectivity index (χ4n) is 9.07. The molecule has 14 heteroatoms. The van der Waals surface area contributed by atoms with E-state index in [0.29, 0.717) is 31.1 Å². The first-order valence-electron chi connectivity index (χ1n) is 19.4. The summed E-state index contributed by atoms with van der Waals surface area (Å²) in [6.45, 7) is 6.85. The molecule has 292 valence electrons. The first kappa shape index (κ1) is 37.4. The van der Waals surface area contributed by atoms with Crippen LogP contribution in [0.5, 0.6) is 5.75 Å². The van der Waals surface area contributed by atoms with Crippen LogP contribution in [0.15, 0.2) is 42.6 Å². The van der Waals surface area contributed by atoms with Crippen LogP contribution in [-0.2, 0) is 28.5 Å². The highest BCUT2D eigenvalue weighted by molar-refractivity contribution is 7.87. The van der Waals surface area contributed by atoms with Gasteiger partial charge in [-0.1, -0.05) is 25.3 Å². The van der Waals surface area contributed by atoms with Crippen LogP contribution in [0, 0.1) is 0 Å². The number of aryl methyl sites for hydroxylation is 1. The second kappa shape index (κ2) is 14.9. The molecule has 2 aromatic heterocycles. The van der Waals surface area contributed by atoms with Gasteiger partial charge in [-0.2, -0.15) is 17.8 Å². The van der Waals surface area contributed by atoms with Crippen molar-refractivity contribution in [1.29, 1.82) is 0 Å². The molecule has 4 aromatic rings. The van der Waals surface area contributed by atoms with Gasteiger partial charge >= 0.3 is 10.2 Å². The lowest BCUT2D eigenvalue weighted by Gasteiger charge is -2.42. The van der Waals surface area contributed by atoms with E-state index in [0.717, 1.165) is 70.4 Å². The number of methoxy groups -OCH3 is 1. The highest BCUT2D eigenvalue weighted by Gasteiger charge is 2.35. The van der Waals surface area contributed by atoms with E-state index in [2.05, 4.69) is 52.3 Å². The highest BCUT2D eigenvalue weighted by Crippen LogP contribution is 2.48. The molecule has 2 saturated heterocycles. The zero-order chi connectivity index (χ0) is 38.6. The Morgan fingerprint density at radius 3 is 2.38 bits per heavy atom. The number of nitrogens with one attached hydrogen (secondary N) is 1. The van der Waals surface area contributed by atoms with E-state index in [4.69, 9.17) is 9.47 Å². The average Bonchev–Trinajstić information content (AvgIpc) is 3.68. The minimum absolute atomic E-state index is 0.0492. The van der Waals surface area contributed by atoms with Gasteiger partial charge in [-0.15, -0.1) is 0 Å². The molecule has 3 aliphatic heterocycles. The summed E-state index contributed by atoms with van der Waals surface area (Å²) in [5.41, 5.74) is 7.56. The van der Waals surface area contributed by atoms with Crippen LogP contribution in [0.4, 0.5) is 0 Å². The lowest BCUT2D eigenvalue weighted by Crippen LogP contribution is -2.56. The van der Waals surface area contributed by atoms with Crippen LogP contribution in [0.25, 0.3) is 33.8 Å². The van der Waals surface area contributed by atoms with Crippen molar-refractivity contribution in [2.24, 2.45) is 7.05 Å². The van der Waals surface area contributed by atoms with Crippen LogP contribution in [0.3, 0.4) is 0 Å². The van der Waals surface area contributed by atoms with Crippen LogP contribution in [0.1, 0.15) is 89.4 Å². The molecule has 3 fully saturated rings.